The highest BCUT2D eigenvalue weighted by molar-refractivity contribution is 6.42. The number of nitriles is 1. The molecule has 1 rings (SSSR count). The smallest absolute Gasteiger partial charge is 0.312 e. The molecule has 0 aromatic heterocycles. The lowest BCUT2D eigenvalue weighted by Gasteiger charge is -2.23. The molecule has 0 aliphatic carbocycles. The van der Waals surface area contributed by atoms with Gasteiger partial charge in [0.25, 0.3) is 0 Å². The fraction of sp³-hybridized carbons (Fsp3) is 0.412. The van der Waals surface area contributed by atoms with Gasteiger partial charge in [-0.1, -0.05) is 50.0 Å². The maximum atomic E-state index is 12.4. The lowest BCUT2D eigenvalue weighted by molar-refractivity contribution is -0.154. The summed E-state index contributed by atoms with van der Waals surface area (Å²) in [5, 5.41) is 9.93. The number of nitrogens with zero attached hydrogens (tertiary/aromatic N) is 1. The second-order valence-electron chi connectivity index (χ2n) is 5.34. The summed E-state index contributed by atoms with van der Waals surface area (Å²) < 4.78 is 5.33. The molecule has 0 spiro atoms. The molecule has 5 heteroatoms. The van der Waals surface area contributed by atoms with Gasteiger partial charge in [-0.3, -0.25) is 4.79 Å². The van der Waals surface area contributed by atoms with E-state index in [2.05, 4.69) is 5.92 Å². The molecule has 116 valence electrons. The largest absolute Gasteiger partial charge is 0.442 e. The normalized spacial score (nSPS) is 14.5. The Morgan fingerprint density at radius 3 is 2.36 bits per heavy atom. The van der Waals surface area contributed by atoms with E-state index >= 15 is 0 Å². The molecule has 0 amide bonds. The number of esters is 1. The Morgan fingerprint density at radius 2 is 1.91 bits per heavy atom. The van der Waals surface area contributed by atoms with Crippen LogP contribution < -0.4 is 0 Å². The van der Waals surface area contributed by atoms with E-state index in [-0.39, 0.29) is 11.8 Å². The maximum absolute atomic E-state index is 12.4. The zero-order valence-electron chi connectivity index (χ0n) is 12.6. The molecule has 22 heavy (non-hydrogen) atoms. The van der Waals surface area contributed by atoms with Gasteiger partial charge in [-0.2, -0.15) is 5.26 Å². The minimum Gasteiger partial charge on any atom is -0.442 e. The van der Waals surface area contributed by atoms with Gasteiger partial charge in [-0.15, -0.1) is 12.3 Å². The first-order valence-corrected chi connectivity index (χ1v) is 7.58. The number of hydrogen-bond acceptors (Lipinski definition) is 3. The van der Waals surface area contributed by atoms with E-state index in [0.717, 1.165) is 0 Å². The quantitative estimate of drug-likeness (QED) is 0.580. The van der Waals surface area contributed by atoms with Gasteiger partial charge in [0, 0.05) is 11.5 Å². The van der Waals surface area contributed by atoms with Crippen LogP contribution in [-0.2, 0) is 9.53 Å². The van der Waals surface area contributed by atoms with Gasteiger partial charge < -0.3 is 4.74 Å². The molecule has 3 atom stereocenters. The van der Waals surface area contributed by atoms with Crippen LogP contribution in [0.4, 0.5) is 0 Å². The molecule has 1 aromatic carbocycles. The molecule has 0 bridgehead atoms. The van der Waals surface area contributed by atoms with Crippen molar-refractivity contribution in [1.29, 1.82) is 5.26 Å². The molecule has 0 saturated carbocycles. The number of ether oxygens (including phenoxy) is 1. The van der Waals surface area contributed by atoms with Crippen molar-refractivity contribution in [3.63, 3.8) is 0 Å². The SMILES string of the molecule is C#CC(C)C(C(=O)OC(C#N)c1ccc(Cl)c(Cl)c1)C(C)C. The Labute approximate surface area is 141 Å². The summed E-state index contributed by atoms with van der Waals surface area (Å²) in [5.74, 6) is 1.32. The third-order valence-corrected chi connectivity index (χ3v) is 4.13. The predicted molar refractivity (Wildman–Crippen MR) is 87.2 cm³/mol. The molecule has 0 saturated heterocycles. The lowest BCUT2D eigenvalue weighted by atomic mass is 9.85. The Morgan fingerprint density at radius 1 is 1.27 bits per heavy atom. The van der Waals surface area contributed by atoms with Crippen LogP contribution in [0.2, 0.25) is 10.0 Å². The Bertz CT molecular complexity index is 629. The summed E-state index contributed by atoms with van der Waals surface area (Å²) in [5.41, 5.74) is 0.473. The van der Waals surface area contributed by atoms with Crippen molar-refractivity contribution < 1.29 is 9.53 Å². The van der Waals surface area contributed by atoms with Crippen molar-refractivity contribution in [2.75, 3.05) is 0 Å². The van der Waals surface area contributed by atoms with Crippen LogP contribution in [0, 0.1) is 41.4 Å². The van der Waals surface area contributed by atoms with Crippen LogP contribution in [0.1, 0.15) is 32.4 Å². The highest BCUT2D eigenvalue weighted by Crippen LogP contribution is 2.29. The van der Waals surface area contributed by atoms with Crippen LogP contribution >= 0.6 is 23.2 Å². The summed E-state index contributed by atoms with van der Waals surface area (Å²) >= 11 is 11.8. The average molecular weight is 338 g/mol. The predicted octanol–water partition coefficient (Wildman–Crippen LogP) is 4.64. The molecular formula is C17H17Cl2NO2. The van der Waals surface area contributed by atoms with E-state index in [0.29, 0.717) is 15.6 Å². The summed E-state index contributed by atoms with van der Waals surface area (Å²) in [7, 11) is 0. The molecule has 0 heterocycles. The minimum atomic E-state index is -1.05. The third-order valence-electron chi connectivity index (χ3n) is 3.39. The zero-order chi connectivity index (χ0) is 16.9. The van der Waals surface area contributed by atoms with Crippen LogP contribution in [0.5, 0.6) is 0 Å². The van der Waals surface area contributed by atoms with Crippen LogP contribution in [0.25, 0.3) is 0 Å². The number of carbonyl (C=O) groups excluding carboxylic acids is 1. The number of rotatable bonds is 5. The number of halogens is 2. The van der Waals surface area contributed by atoms with Crippen molar-refractivity contribution in [3.05, 3.63) is 33.8 Å². The first-order chi connectivity index (χ1) is 10.3. The average Bonchev–Trinajstić information content (AvgIpc) is 2.47. The van der Waals surface area contributed by atoms with Gasteiger partial charge in [-0.05, 0) is 18.1 Å². The van der Waals surface area contributed by atoms with E-state index in [4.69, 9.17) is 34.4 Å². The number of benzene rings is 1. The Kier molecular flexibility index (Phi) is 6.75. The van der Waals surface area contributed by atoms with Gasteiger partial charge in [-0.25, -0.2) is 0 Å². The Hall–Kier alpha value is -1.68. The molecule has 0 fully saturated rings. The molecule has 0 N–H and O–H groups in total. The van der Waals surface area contributed by atoms with Gasteiger partial charge >= 0.3 is 5.97 Å². The molecule has 0 aliphatic rings. The minimum absolute atomic E-state index is 0.00620. The van der Waals surface area contributed by atoms with E-state index in [9.17, 15) is 10.1 Å². The van der Waals surface area contributed by atoms with E-state index in [1.807, 2.05) is 19.9 Å². The summed E-state index contributed by atoms with van der Waals surface area (Å²) in [6.07, 6.45) is 4.36. The van der Waals surface area contributed by atoms with Gasteiger partial charge in [0.05, 0.1) is 16.0 Å². The monoisotopic (exact) mass is 337 g/mol. The Balaban J connectivity index is 2.98. The number of carbonyl (C=O) groups is 1. The number of hydrogen-bond donors (Lipinski definition) is 0. The van der Waals surface area contributed by atoms with Gasteiger partial charge in [0.15, 0.2) is 0 Å². The fourth-order valence-electron chi connectivity index (χ4n) is 2.20. The van der Waals surface area contributed by atoms with E-state index in [1.54, 1.807) is 19.1 Å². The van der Waals surface area contributed by atoms with Crippen molar-refractivity contribution in [2.24, 2.45) is 17.8 Å². The summed E-state index contributed by atoms with van der Waals surface area (Å²) in [4.78, 5) is 12.4. The van der Waals surface area contributed by atoms with Crippen LogP contribution in [-0.4, -0.2) is 5.97 Å². The van der Waals surface area contributed by atoms with E-state index < -0.39 is 18.0 Å². The highest BCUT2D eigenvalue weighted by atomic mass is 35.5. The fourth-order valence-corrected chi connectivity index (χ4v) is 2.50. The third kappa shape index (κ3) is 4.41. The summed E-state index contributed by atoms with van der Waals surface area (Å²) in [6, 6.07) is 6.62. The van der Waals surface area contributed by atoms with Crippen LogP contribution in [0.3, 0.4) is 0 Å². The molecule has 0 aliphatic heterocycles. The molecule has 3 unspecified atom stereocenters. The topological polar surface area (TPSA) is 50.1 Å². The molecule has 0 radical (unpaired) electrons. The van der Waals surface area contributed by atoms with Crippen molar-refractivity contribution in [1.82, 2.24) is 0 Å². The second kappa shape index (κ2) is 8.08. The second-order valence-corrected chi connectivity index (χ2v) is 6.16. The van der Waals surface area contributed by atoms with Crippen molar-refractivity contribution in [2.45, 2.75) is 26.9 Å². The number of terminal acetylenes is 1. The van der Waals surface area contributed by atoms with Gasteiger partial charge in [0.2, 0.25) is 6.10 Å². The zero-order valence-corrected chi connectivity index (χ0v) is 14.2. The standard InChI is InChI=1S/C17H17Cl2NO2/c1-5-11(4)16(10(2)3)17(21)22-15(9-20)12-6-7-13(18)14(19)8-12/h1,6-8,10-11,15-16H,2-4H3. The molecular weight excluding hydrogens is 321 g/mol. The summed E-state index contributed by atoms with van der Waals surface area (Å²) in [6.45, 7) is 5.56. The molecule has 1 aromatic rings. The maximum Gasteiger partial charge on any atom is 0.312 e. The van der Waals surface area contributed by atoms with Crippen molar-refractivity contribution >= 4 is 29.2 Å². The van der Waals surface area contributed by atoms with Crippen LogP contribution in [0.15, 0.2) is 18.2 Å². The first-order valence-electron chi connectivity index (χ1n) is 6.83. The highest BCUT2D eigenvalue weighted by Gasteiger charge is 2.31. The van der Waals surface area contributed by atoms with Crippen molar-refractivity contribution in [3.8, 4) is 18.4 Å². The van der Waals surface area contributed by atoms with E-state index in [1.165, 1.54) is 6.07 Å². The van der Waals surface area contributed by atoms with Gasteiger partial charge in [0.1, 0.15) is 6.07 Å². The molecule has 3 nitrogen and oxygen atoms in total. The lowest BCUT2D eigenvalue weighted by Crippen LogP contribution is -2.29. The first kappa shape index (κ1) is 18.4.